The molecule has 3 rings (SSSR count). The lowest BCUT2D eigenvalue weighted by molar-refractivity contribution is -0.131. The highest BCUT2D eigenvalue weighted by Crippen LogP contribution is 2.23. The molecule has 1 fully saturated rings. The van der Waals surface area contributed by atoms with Crippen molar-refractivity contribution in [1.29, 1.82) is 0 Å². The van der Waals surface area contributed by atoms with E-state index >= 15 is 0 Å². The zero-order chi connectivity index (χ0) is 17.6. The Morgan fingerprint density at radius 1 is 1.12 bits per heavy atom. The Hall–Kier alpha value is -2.37. The smallest absolute Gasteiger partial charge is 0.244 e. The van der Waals surface area contributed by atoms with Crippen LogP contribution in [0.5, 0.6) is 0 Å². The predicted octanol–water partition coefficient (Wildman–Crippen LogP) is 2.18. The molecule has 1 heterocycles. The number of ether oxygens (including phenoxy) is 1. The van der Waals surface area contributed by atoms with Gasteiger partial charge in [-0.25, -0.2) is 0 Å². The first-order valence-electron chi connectivity index (χ1n) is 8.63. The van der Waals surface area contributed by atoms with Gasteiger partial charge >= 0.3 is 0 Å². The Morgan fingerprint density at radius 3 is 2.48 bits per heavy atom. The van der Waals surface area contributed by atoms with Crippen LogP contribution >= 0.6 is 0 Å². The zero-order valence-corrected chi connectivity index (χ0v) is 14.6. The average molecular weight is 339 g/mol. The summed E-state index contributed by atoms with van der Waals surface area (Å²) < 4.78 is 5.44. The molecule has 2 aromatic carbocycles. The number of carbonyl (C=O) groups excluding carboxylic acids is 1. The van der Waals surface area contributed by atoms with E-state index in [1.807, 2.05) is 42.5 Å². The van der Waals surface area contributed by atoms with Crippen LogP contribution in [0.15, 0.2) is 54.6 Å². The third-order valence-electron chi connectivity index (χ3n) is 4.55. The van der Waals surface area contributed by atoms with Gasteiger partial charge in [0, 0.05) is 32.4 Å². The van der Waals surface area contributed by atoms with Crippen molar-refractivity contribution in [1.82, 2.24) is 4.90 Å². The van der Waals surface area contributed by atoms with Crippen molar-refractivity contribution in [2.24, 2.45) is 5.73 Å². The van der Waals surface area contributed by atoms with E-state index in [4.69, 9.17) is 10.5 Å². The average Bonchev–Trinajstić information content (AvgIpc) is 2.68. The van der Waals surface area contributed by atoms with Gasteiger partial charge < -0.3 is 20.3 Å². The van der Waals surface area contributed by atoms with Crippen molar-refractivity contribution in [2.75, 3.05) is 38.3 Å². The Kier molecular flexibility index (Phi) is 5.68. The summed E-state index contributed by atoms with van der Waals surface area (Å²) in [5.41, 5.74) is 9.28. The molecule has 1 amide bonds. The molecule has 0 saturated carbocycles. The molecule has 132 valence electrons. The number of benzene rings is 2. The third kappa shape index (κ3) is 4.18. The normalized spacial score (nSPS) is 15.7. The molecular formula is C20H25N3O2. The summed E-state index contributed by atoms with van der Waals surface area (Å²) in [6.07, 6.45) is 0. The van der Waals surface area contributed by atoms with E-state index in [0.29, 0.717) is 6.54 Å². The molecule has 0 bridgehead atoms. The SMILES string of the molecule is CN(Cc1ccccc1N1CCOCC1)C(=O)C(N)c1ccccc1. The second-order valence-corrected chi connectivity index (χ2v) is 6.31. The van der Waals surface area contributed by atoms with E-state index in [1.54, 1.807) is 11.9 Å². The van der Waals surface area contributed by atoms with E-state index < -0.39 is 6.04 Å². The van der Waals surface area contributed by atoms with Crippen LogP contribution in [0, 0.1) is 0 Å². The number of nitrogens with two attached hydrogens (primary N) is 1. The molecule has 1 unspecified atom stereocenters. The lowest BCUT2D eigenvalue weighted by atomic mass is 10.1. The number of hydrogen-bond acceptors (Lipinski definition) is 4. The number of para-hydroxylation sites is 1. The summed E-state index contributed by atoms with van der Waals surface area (Å²) in [6, 6.07) is 17.1. The van der Waals surface area contributed by atoms with Crippen molar-refractivity contribution >= 4 is 11.6 Å². The highest BCUT2D eigenvalue weighted by Gasteiger charge is 2.21. The fraction of sp³-hybridized carbons (Fsp3) is 0.350. The second kappa shape index (κ2) is 8.14. The first-order chi connectivity index (χ1) is 12.2. The number of amides is 1. The summed E-state index contributed by atoms with van der Waals surface area (Å²) in [6.45, 7) is 3.76. The van der Waals surface area contributed by atoms with Crippen LogP contribution in [0.2, 0.25) is 0 Å². The maximum Gasteiger partial charge on any atom is 0.244 e. The van der Waals surface area contributed by atoms with Crippen LogP contribution in [0.4, 0.5) is 5.69 Å². The second-order valence-electron chi connectivity index (χ2n) is 6.31. The molecule has 25 heavy (non-hydrogen) atoms. The molecule has 2 aromatic rings. The van der Waals surface area contributed by atoms with Gasteiger partial charge in [0.2, 0.25) is 5.91 Å². The van der Waals surface area contributed by atoms with E-state index in [9.17, 15) is 4.79 Å². The number of morpholine rings is 1. The van der Waals surface area contributed by atoms with Gasteiger partial charge in [0.25, 0.3) is 0 Å². The summed E-state index contributed by atoms with van der Waals surface area (Å²) in [5, 5.41) is 0. The van der Waals surface area contributed by atoms with Gasteiger partial charge in [-0.1, -0.05) is 48.5 Å². The van der Waals surface area contributed by atoms with Crippen molar-refractivity contribution in [3.63, 3.8) is 0 Å². The van der Waals surface area contributed by atoms with E-state index in [1.165, 1.54) is 5.69 Å². The Bertz CT molecular complexity index is 699. The Morgan fingerprint density at radius 2 is 1.76 bits per heavy atom. The van der Waals surface area contributed by atoms with Gasteiger partial charge in [-0.3, -0.25) is 4.79 Å². The monoisotopic (exact) mass is 339 g/mol. The molecule has 0 spiro atoms. The minimum Gasteiger partial charge on any atom is -0.378 e. The van der Waals surface area contributed by atoms with Crippen molar-refractivity contribution in [3.8, 4) is 0 Å². The molecule has 1 atom stereocenters. The Labute approximate surface area is 149 Å². The maximum absolute atomic E-state index is 12.7. The standard InChI is InChI=1S/C20H25N3O2/c1-22(20(24)19(21)16-7-3-2-4-8-16)15-17-9-5-6-10-18(17)23-11-13-25-14-12-23/h2-10,19H,11-15,21H2,1H3. The van der Waals surface area contributed by atoms with Crippen LogP contribution in [-0.4, -0.2) is 44.2 Å². The molecular weight excluding hydrogens is 314 g/mol. The van der Waals surface area contributed by atoms with Crippen LogP contribution in [0.25, 0.3) is 0 Å². The number of carbonyl (C=O) groups is 1. The lowest BCUT2D eigenvalue weighted by Crippen LogP contribution is -2.38. The summed E-state index contributed by atoms with van der Waals surface area (Å²) in [4.78, 5) is 16.7. The molecule has 5 heteroatoms. The van der Waals surface area contributed by atoms with Crippen molar-refractivity contribution < 1.29 is 9.53 Å². The summed E-state index contributed by atoms with van der Waals surface area (Å²) >= 11 is 0. The van der Waals surface area contributed by atoms with Crippen molar-refractivity contribution in [3.05, 3.63) is 65.7 Å². The molecule has 1 saturated heterocycles. The maximum atomic E-state index is 12.7. The fourth-order valence-corrected chi connectivity index (χ4v) is 3.13. The van der Waals surface area contributed by atoms with Crippen molar-refractivity contribution in [2.45, 2.75) is 12.6 Å². The highest BCUT2D eigenvalue weighted by molar-refractivity contribution is 5.83. The number of hydrogen-bond donors (Lipinski definition) is 1. The number of nitrogens with zero attached hydrogens (tertiary/aromatic N) is 2. The third-order valence-corrected chi connectivity index (χ3v) is 4.55. The number of rotatable bonds is 5. The van der Waals surface area contributed by atoms with Gasteiger partial charge in [-0.05, 0) is 17.2 Å². The quantitative estimate of drug-likeness (QED) is 0.907. The molecule has 1 aliphatic rings. The molecule has 0 radical (unpaired) electrons. The largest absolute Gasteiger partial charge is 0.378 e. The van der Waals surface area contributed by atoms with Crippen LogP contribution in [0.1, 0.15) is 17.2 Å². The fourth-order valence-electron chi connectivity index (χ4n) is 3.13. The zero-order valence-electron chi connectivity index (χ0n) is 14.6. The molecule has 5 nitrogen and oxygen atoms in total. The van der Waals surface area contributed by atoms with Crippen LogP contribution < -0.4 is 10.6 Å². The van der Waals surface area contributed by atoms with Gasteiger partial charge in [0.1, 0.15) is 6.04 Å². The lowest BCUT2D eigenvalue weighted by Gasteiger charge is -2.31. The Balaban J connectivity index is 1.72. The van der Waals surface area contributed by atoms with Crippen LogP contribution in [-0.2, 0) is 16.1 Å². The predicted molar refractivity (Wildman–Crippen MR) is 99.3 cm³/mol. The topological polar surface area (TPSA) is 58.8 Å². The minimum atomic E-state index is -0.637. The minimum absolute atomic E-state index is 0.0806. The molecule has 0 aliphatic carbocycles. The van der Waals surface area contributed by atoms with Gasteiger partial charge in [-0.15, -0.1) is 0 Å². The van der Waals surface area contributed by atoms with E-state index in [0.717, 1.165) is 37.4 Å². The first kappa shape index (κ1) is 17.5. The highest BCUT2D eigenvalue weighted by atomic mass is 16.5. The van der Waals surface area contributed by atoms with E-state index in [-0.39, 0.29) is 5.91 Å². The van der Waals surface area contributed by atoms with Gasteiger partial charge in [-0.2, -0.15) is 0 Å². The summed E-state index contributed by atoms with van der Waals surface area (Å²) in [7, 11) is 1.81. The molecule has 0 aromatic heterocycles. The number of anilines is 1. The number of likely N-dealkylation sites (N-methyl/N-ethyl adjacent to an activating group) is 1. The van der Waals surface area contributed by atoms with Crippen LogP contribution in [0.3, 0.4) is 0 Å². The van der Waals surface area contributed by atoms with E-state index in [2.05, 4.69) is 17.0 Å². The molecule has 2 N–H and O–H groups in total. The van der Waals surface area contributed by atoms with Gasteiger partial charge in [0.15, 0.2) is 0 Å². The first-order valence-corrected chi connectivity index (χ1v) is 8.63. The molecule has 1 aliphatic heterocycles. The summed E-state index contributed by atoms with van der Waals surface area (Å²) in [5.74, 6) is -0.0806. The van der Waals surface area contributed by atoms with Gasteiger partial charge in [0.05, 0.1) is 13.2 Å².